The van der Waals surface area contributed by atoms with Crippen LogP contribution in [0.4, 0.5) is 36.8 Å². The topological polar surface area (TPSA) is 206 Å². The Hall–Kier alpha value is -6.08. The molecule has 4 aromatic rings. The number of alkyl halides is 6. The summed E-state index contributed by atoms with van der Waals surface area (Å²) in [5.41, 5.74) is 7.32. The Bertz CT molecular complexity index is 1960. The number of carboxylic acids is 1. The van der Waals surface area contributed by atoms with Crippen LogP contribution in [0, 0.1) is 11.8 Å². The first-order chi connectivity index (χ1) is 26.6. The standard InChI is InChI=1S/C35H39F3N8O4.C2HF3O2/c1-34(2,3)50-33(49)41-19-22-6-10-25(11-7-22)32(48)46(27-15-12-24(13-16-27)31-42-44-45-43-31)28(30(39)47)18-21-4-8-23(9-5-21)26-14-17-29(40-20-26)35(36,37)38;3-2(4,5)1(6)7/h4-5,8-9,12-17,20,22,25,28H,6-7,10-11,18-19H2,1-3H3,(H2,39,47)(H,41,49)(H,42,43,44,45);(H,6,7)/t22?,25?,28-;/m0./s1. The molecule has 20 heteroatoms. The van der Waals surface area contributed by atoms with Gasteiger partial charge in [-0.1, -0.05) is 30.3 Å². The van der Waals surface area contributed by atoms with Gasteiger partial charge in [0, 0.05) is 41.9 Å². The minimum atomic E-state index is -5.08. The monoisotopic (exact) mass is 806 g/mol. The lowest BCUT2D eigenvalue weighted by Gasteiger charge is -2.36. The van der Waals surface area contributed by atoms with Gasteiger partial charge >= 0.3 is 24.4 Å². The van der Waals surface area contributed by atoms with E-state index in [0.29, 0.717) is 66.0 Å². The van der Waals surface area contributed by atoms with Gasteiger partial charge in [-0.15, -0.1) is 10.2 Å². The first-order valence-corrected chi connectivity index (χ1v) is 17.5. The maximum Gasteiger partial charge on any atom is 0.490 e. The molecule has 0 radical (unpaired) electrons. The van der Waals surface area contributed by atoms with Crippen LogP contribution in [0.3, 0.4) is 0 Å². The quantitative estimate of drug-likeness (QED) is 0.131. The number of aromatic nitrogens is 5. The summed E-state index contributed by atoms with van der Waals surface area (Å²) >= 11 is 0. The molecule has 2 aromatic carbocycles. The van der Waals surface area contributed by atoms with E-state index in [1.807, 2.05) is 0 Å². The van der Waals surface area contributed by atoms with Crippen molar-refractivity contribution in [3.63, 3.8) is 0 Å². The van der Waals surface area contributed by atoms with Gasteiger partial charge in [-0.3, -0.25) is 19.5 Å². The van der Waals surface area contributed by atoms with E-state index in [1.165, 1.54) is 11.0 Å². The number of rotatable bonds is 10. The summed E-state index contributed by atoms with van der Waals surface area (Å²) in [6.07, 6.45) is -6.37. The number of halogens is 6. The average Bonchev–Trinajstić information content (AvgIpc) is 3.69. The molecule has 0 bridgehead atoms. The van der Waals surface area contributed by atoms with Crippen molar-refractivity contribution >= 4 is 29.6 Å². The first kappa shape index (κ1) is 43.6. The summed E-state index contributed by atoms with van der Waals surface area (Å²) in [5.74, 6) is -3.56. The molecule has 2 aromatic heterocycles. The number of ether oxygens (including phenoxy) is 1. The SMILES string of the molecule is CC(C)(C)OC(=O)NCC1CCC(C(=O)N(c2ccc(-c3nn[nH]n3)cc2)[C@@H](Cc2ccc(-c3ccc(C(F)(F)F)nc3)cc2)C(N)=O)CC1.O=C(O)C(F)(F)F. The largest absolute Gasteiger partial charge is 0.490 e. The Labute approximate surface area is 322 Å². The number of nitrogens with zero attached hydrogens (tertiary/aromatic N) is 5. The summed E-state index contributed by atoms with van der Waals surface area (Å²) < 4.78 is 76.0. The minimum absolute atomic E-state index is 0.0916. The molecule has 1 saturated carbocycles. The highest BCUT2D eigenvalue weighted by Gasteiger charge is 2.39. The highest BCUT2D eigenvalue weighted by Crippen LogP contribution is 2.34. The lowest BCUT2D eigenvalue weighted by Crippen LogP contribution is -2.52. The van der Waals surface area contributed by atoms with E-state index < -0.39 is 47.7 Å². The van der Waals surface area contributed by atoms with Crippen molar-refractivity contribution in [3.8, 4) is 22.5 Å². The fraction of sp³-hybridized carbons (Fsp3) is 0.405. The Balaban J connectivity index is 0.000000940. The maximum atomic E-state index is 14.3. The number of benzene rings is 2. The lowest BCUT2D eigenvalue weighted by atomic mass is 9.81. The molecule has 1 fully saturated rings. The smallest absolute Gasteiger partial charge is 0.475 e. The number of aromatic amines is 1. The van der Waals surface area contributed by atoms with Crippen LogP contribution >= 0.6 is 0 Å². The number of nitrogens with two attached hydrogens (primary N) is 1. The van der Waals surface area contributed by atoms with Crippen LogP contribution < -0.4 is 16.0 Å². The van der Waals surface area contributed by atoms with Gasteiger partial charge in [0.1, 0.15) is 17.3 Å². The number of hydrogen-bond donors (Lipinski definition) is 4. The number of amides is 3. The second kappa shape index (κ2) is 18.2. The molecule has 5 rings (SSSR count). The van der Waals surface area contributed by atoms with Gasteiger partial charge in [-0.2, -0.15) is 31.6 Å². The van der Waals surface area contributed by atoms with Crippen molar-refractivity contribution in [2.24, 2.45) is 17.6 Å². The van der Waals surface area contributed by atoms with E-state index in [2.05, 4.69) is 30.9 Å². The van der Waals surface area contributed by atoms with Crippen LogP contribution in [-0.2, 0) is 31.7 Å². The number of primary amides is 1. The summed E-state index contributed by atoms with van der Waals surface area (Å²) in [5, 5.41) is 23.9. The molecule has 0 unspecified atom stereocenters. The van der Waals surface area contributed by atoms with Crippen LogP contribution in [0.15, 0.2) is 66.9 Å². The van der Waals surface area contributed by atoms with Crippen LogP contribution in [0.25, 0.3) is 22.5 Å². The zero-order chi connectivity index (χ0) is 42.1. The highest BCUT2D eigenvalue weighted by molar-refractivity contribution is 6.01. The average molecular weight is 807 g/mol. The molecule has 0 spiro atoms. The lowest BCUT2D eigenvalue weighted by molar-refractivity contribution is -0.192. The van der Waals surface area contributed by atoms with E-state index >= 15 is 0 Å². The maximum absolute atomic E-state index is 14.3. The van der Waals surface area contributed by atoms with Gasteiger partial charge in [-0.25, -0.2) is 9.59 Å². The minimum Gasteiger partial charge on any atom is -0.475 e. The zero-order valence-electron chi connectivity index (χ0n) is 30.9. The van der Waals surface area contributed by atoms with Gasteiger partial charge < -0.3 is 20.9 Å². The number of nitrogens with one attached hydrogen (secondary N) is 2. The molecule has 2 heterocycles. The van der Waals surface area contributed by atoms with Crippen LogP contribution in [-0.4, -0.2) is 79.0 Å². The van der Waals surface area contributed by atoms with E-state index in [9.17, 15) is 40.7 Å². The number of anilines is 1. The number of pyridine rings is 1. The van der Waals surface area contributed by atoms with Crippen molar-refractivity contribution in [2.45, 2.75) is 76.9 Å². The summed E-state index contributed by atoms with van der Waals surface area (Å²) in [6, 6.07) is 15.0. The molecule has 5 N–H and O–H groups in total. The molecule has 3 amide bonds. The van der Waals surface area contributed by atoms with E-state index in [1.54, 1.807) is 69.3 Å². The Morgan fingerprint density at radius 2 is 1.47 bits per heavy atom. The third-order valence-electron chi connectivity index (χ3n) is 8.77. The molecule has 306 valence electrons. The van der Waals surface area contributed by atoms with E-state index in [4.69, 9.17) is 20.4 Å². The summed E-state index contributed by atoms with van der Waals surface area (Å²) in [7, 11) is 0. The van der Waals surface area contributed by atoms with Crippen molar-refractivity contribution in [1.82, 2.24) is 30.9 Å². The second-order valence-electron chi connectivity index (χ2n) is 14.1. The van der Waals surface area contributed by atoms with Crippen LogP contribution in [0.5, 0.6) is 0 Å². The zero-order valence-corrected chi connectivity index (χ0v) is 30.9. The number of carboxylic acid groups (broad SMARTS) is 1. The number of aliphatic carboxylic acids is 1. The summed E-state index contributed by atoms with van der Waals surface area (Å²) in [6.45, 7) is 5.82. The molecular weight excluding hydrogens is 766 g/mol. The van der Waals surface area contributed by atoms with Gasteiger partial charge in [0.15, 0.2) is 0 Å². The number of alkyl carbamates (subject to hydrolysis) is 1. The predicted molar refractivity (Wildman–Crippen MR) is 192 cm³/mol. The Morgan fingerprint density at radius 3 is 1.95 bits per heavy atom. The first-order valence-electron chi connectivity index (χ1n) is 17.5. The number of carbonyl (C=O) groups excluding carboxylic acids is 3. The summed E-state index contributed by atoms with van der Waals surface area (Å²) in [4.78, 5) is 53.5. The molecule has 57 heavy (non-hydrogen) atoms. The number of tetrazole rings is 1. The van der Waals surface area contributed by atoms with Crippen molar-refractivity contribution < 1.29 is 55.4 Å². The molecule has 1 aliphatic carbocycles. The highest BCUT2D eigenvalue weighted by atomic mass is 19.4. The fourth-order valence-corrected chi connectivity index (χ4v) is 5.98. The molecule has 0 saturated heterocycles. The van der Waals surface area contributed by atoms with Gasteiger partial charge in [0.2, 0.25) is 17.6 Å². The van der Waals surface area contributed by atoms with Crippen molar-refractivity contribution in [3.05, 3.63) is 78.1 Å². The van der Waals surface area contributed by atoms with Gasteiger partial charge in [0.05, 0.1) is 0 Å². The fourth-order valence-electron chi connectivity index (χ4n) is 5.98. The normalized spacial score (nSPS) is 16.4. The predicted octanol–water partition coefficient (Wildman–Crippen LogP) is 6.34. The third-order valence-corrected chi connectivity index (χ3v) is 8.77. The van der Waals surface area contributed by atoms with E-state index in [0.717, 1.165) is 12.3 Å². The van der Waals surface area contributed by atoms with Crippen molar-refractivity contribution in [1.29, 1.82) is 0 Å². The Kier molecular flexibility index (Phi) is 14.0. The van der Waals surface area contributed by atoms with Gasteiger partial charge in [0.25, 0.3) is 0 Å². The van der Waals surface area contributed by atoms with Gasteiger partial charge in [-0.05, 0) is 99.0 Å². The van der Waals surface area contributed by atoms with Crippen LogP contribution in [0.1, 0.15) is 57.7 Å². The van der Waals surface area contributed by atoms with E-state index in [-0.39, 0.29) is 24.2 Å². The van der Waals surface area contributed by atoms with Crippen LogP contribution in [0.2, 0.25) is 0 Å². The second-order valence-corrected chi connectivity index (χ2v) is 14.1. The molecule has 1 aliphatic rings. The van der Waals surface area contributed by atoms with Crippen molar-refractivity contribution in [2.75, 3.05) is 11.4 Å². The molecular formula is C37H40F6N8O6. The number of carbonyl (C=O) groups is 4. The molecule has 1 atom stereocenters. The number of H-pyrrole nitrogens is 1. The molecule has 0 aliphatic heterocycles. The molecule has 14 nitrogen and oxygen atoms in total. The Morgan fingerprint density at radius 1 is 0.895 bits per heavy atom. The third kappa shape index (κ3) is 12.7. The number of hydrogen-bond acceptors (Lipinski definition) is 9.